The zero-order valence-corrected chi connectivity index (χ0v) is 30.8. The number of methoxy groups -OCH3 is 4. The maximum absolute atomic E-state index is 14.9. The number of carbonyl (C=O) groups excluding carboxylic acids is 2. The van der Waals surface area contributed by atoms with Crippen LogP contribution in [0.15, 0.2) is 54.6 Å². The van der Waals surface area contributed by atoms with Crippen LogP contribution >= 0.6 is 0 Å². The van der Waals surface area contributed by atoms with Crippen LogP contribution < -0.4 is 23.7 Å². The molecular weight excluding hydrogens is 666 g/mol. The van der Waals surface area contributed by atoms with Gasteiger partial charge in [-0.25, -0.2) is 4.79 Å². The van der Waals surface area contributed by atoms with Gasteiger partial charge in [0.05, 0.1) is 41.0 Å². The number of carbonyl (C=O) groups is 2. The molecule has 1 heterocycles. The molecule has 2 fully saturated rings. The van der Waals surface area contributed by atoms with Crippen molar-refractivity contribution in [3.8, 4) is 34.5 Å². The summed E-state index contributed by atoms with van der Waals surface area (Å²) in [4.78, 5) is 30.9. The van der Waals surface area contributed by atoms with Crippen LogP contribution in [0, 0.1) is 5.92 Å². The number of phenolic OH excluding ortho intramolecular Hbond substituents is 1. The van der Waals surface area contributed by atoms with Crippen molar-refractivity contribution >= 4 is 11.9 Å². The van der Waals surface area contributed by atoms with Crippen LogP contribution in [-0.4, -0.2) is 81.2 Å². The summed E-state index contributed by atoms with van der Waals surface area (Å²) in [6.07, 6.45) is 7.36. The first-order valence-corrected chi connectivity index (χ1v) is 18.3. The molecule has 1 aliphatic heterocycles. The third-order valence-electron chi connectivity index (χ3n) is 10.3. The second kappa shape index (κ2) is 18.7. The van der Waals surface area contributed by atoms with Gasteiger partial charge in [-0.15, -0.1) is 0 Å². The largest absolute Gasteiger partial charge is 0.508 e. The molecule has 1 saturated heterocycles. The summed E-state index contributed by atoms with van der Waals surface area (Å²) < 4.78 is 34.4. The Bertz CT molecular complexity index is 1610. The molecule has 0 spiro atoms. The van der Waals surface area contributed by atoms with Gasteiger partial charge >= 0.3 is 5.97 Å². The number of rotatable bonds is 16. The van der Waals surface area contributed by atoms with Gasteiger partial charge in [-0.05, 0) is 104 Å². The summed E-state index contributed by atoms with van der Waals surface area (Å²) in [5, 5.41) is 19.7. The SMILES string of the molecule is COc1ccc(CC[C@H](OC(=O)[C@H]2CCCCN2C(=O)[C@H](c2cc(OC)c(OCCO)c(OC)c2)C2CCCCC2)c2cccc(O)c2)cc1OC. The predicted octanol–water partition coefficient (Wildman–Crippen LogP) is 6.76. The first-order chi connectivity index (χ1) is 25.3. The van der Waals surface area contributed by atoms with Crippen molar-refractivity contribution in [3.05, 3.63) is 71.3 Å². The van der Waals surface area contributed by atoms with Crippen LogP contribution in [0.5, 0.6) is 34.5 Å². The lowest BCUT2D eigenvalue weighted by Gasteiger charge is -2.40. The van der Waals surface area contributed by atoms with Gasteiger partial charge in [0.1, 0.15) is 24.5 Å². The maximum Gasteiger partial charge on any atom is 0.329 e. The number of piperidine rings is 1. The van der Waals surface area contributed by atoms with Gasteiger partial charge in [0.25, 0.3) is 0 Å². The minimum absolute atomic E-state index is 0.0620. The first kappa shape index (κ1) is 38.6. The average molecular weight is 720 g/mol. The smallest absolute Gasteiger partial charge is 0.329 e. The van der Waals surface area contributed by atoms with Crippen LogP contribution in [-0.2, 0) is 20.7 Å². The van der Waals surface area contributed by atoms with Crippen LogP contribution in [0.4, 0.5) is 0 Å². The molecule has 1 saturated carbocycles. The predicted molar refractivity (Wildman–Crippen MR) is 196 cm³/mol. The monoisotopic (exact) mass is 719 g/mol. The molecule has 3 aromatic carbocycles. The topological polar surface area (TPSA) is 133 Å². The fourth-order valence-corrected chi connectivity index (χ4v) is 7.64. The van der Waals surface area contributed by atoms with Crippen molar-refractivity contribution < 1.29 is 48.2 Å². The van der Waals surface area contributed by atoms with Crippen molar-refractivity contribution in [1.29, 1.82) is 0 Å². The molecule has 3 aromatic rings. The number of ether oxygens (including phenoxy) is 6. The van der Waals surface area contributed by atoms with Crippen molar-refractivity contribution in [2.45, 2.75) is 82.3 Å². The Kier molecular flexibility index (Phi) is 13.9. The number of likely N-dealkylation sites (tertiary alicyclic amines) is 1. The normalized spacial score (nSPS) is 17.5. The highest BCUT2D eigenvalue weighted by Gasteiger charge is 2.41. The van der Waals surface area contributed by atoms with Crippen molar-refractivity contribution in [3.63, 3.8) is 0 Å². The Morgan fingerprint density at radius 1 is 0.788 bits per heavy atom. The number of aliphatic hydroxyl groups excluding tert-OH is 1. The molecule has 1 amide bonds. The molecule has 11 nitrogen and oxygen atoms in total. The number of phenols is 1. The molecule has 5 rings (SSSR count). The van der Waals surface area contributed by atoms with E-state index in [-0.39, 0.29) is 30.8 Å². The van der Waals surface area contributed by atoms with Gasteiger partial charge in [0.15, 0.2) is 23.0 Å². The quantitative estimate of drug-likeness (QED) is 0.153. The van der Waals surface area contributed by atoms with E-state index in [1.54, 1.807) is 37.3 Å². The third-order valence-corrected chi connectivity index (χ3v) is 10.3. The summed E-state index contributed by atoms with van der Waals surface area (Å²) in [5.41, 5.74) is 2.39. The van der Waals surface area contributed by atoms with E-state index in [1.807, 2.05) is 36.4 Å². The van der Waals surface area contributed by atoms with Crippen molar-refractivity contribution in [1.82, 2.24) is 4.90 Å². The van der Waals surface area contributed by atoms with E-state index in [4.69, 9.17) is 28.4 Å². The minimum atomic E-state index is -0.760. The fourth-order valence-electron chi connectivity index (χ4n) is 7.64. The lowest BCUT2D eigenvalue weighted by molar-refractivity contribution is -0.163. The molecule has 1 aliphatic carbocycles. The molecule has 0 unspecified atom stereocenters. The van der Waals surface area contributed by atoms with Crippen molar-refractivity contribution in [2.24, 2.45) is 5.92 Å². The van der Waals surface area contributed by atoms with E-state index in [2.05, 4.69) is 0 Å². The van der Waals surface area contributed by atoms with Gasteiger partial charge in [0.2, 0.25) is 11.7 Å². The number of benzene rings is 3. The highest BCUT2D eigenvalue weighted by Crippen LogP contribution is 2.45. The molecule has 0 radical (unpaired) electrons. The van der Waals surface area contributed by atoms with Gasteiger partial charge in [-0.1, -0.05) is 37.5 Å². The molecule has 0 aromatic heterocycles. The summed E-state index contributed by atoms with van der Waals surface area (Å²) in [5.74, 6) is 1.46. The van der Waals surface area contributed by atoms with E-state index in [0.29, 0.717) is 60.1 Å². The highest BCUT2D eigenvalue weighted by atomic mass is 16.5. The fraction of sp³-hybridized carbons (Fsp3) is 0.512. The standard InChI is InChI=1S/C41H53NO10/c1-47-34-19-17-27(23-35(34)48-2)16-18-33(29-13-10-14-31(44)24-29)52-41(46)32-15-8-9-20-42(32)40(45)38(28-11-6-5-7-12-28)30-25-36(49-3)39(51-22-21-43)37(26-30)50-4/h10,13-14,17,19,23-26,28,32-33,38,43-44H,5-9,11-12,15-16,18,20-22H2,1-4H3/t32-,33+,38+/m1/s1. The van der Waals surface area contributed by atoms with Gasteiger partial charge in [0, 0.05) is 6.54 Å². The van der Waals surface area contributed by atoms with E-state index in [0.717, 1.165) is 56.1 Å². The van der Waals surface area contributed by atoms with E-state index in [9.17, 15) is 19.8 Å². The van der Waals surface area contributed by atoms with Gasteiger partial charge in [-0.3, -0.25) is 4.79 Å². The van der Waals surface area contributed by atoms with E-state index < -0.39 is 24.0 Å². The van der Waals surface area contributed by atoms with Crippen LogP contribution in [0.1, 0.15) is 86.5 Å². The zero-order valence-electron chi connectivity index (χ0n) is 30.8. The van der Waals surface area contributed by atoms with Crippen LogP contribution in [0.2, 0.25) is 0 Å². The van der Waals surface area contributed by atoms with Gasteiger partial charge < -0.3 is 43.5 Å². The molecule has 2 aliphatic rings. The summed E-state index contributed by atoms with van der Waals surface area (Å²) in [6.45, 7) is 0.328. The molecule has 0 bridgehead atoms. The molecule has 2 N–H and O–H groups in total. The number of hydrogen-bond donors (Lipinski definition) is 2. The second-order valence-corrected chi connectivity index (χ2v) is 13.5. The Labute approximate surface area is 306 Å². The molecule has 282 valence electrons. The Hall–Kier alpha value is -4.64. The number of hydrogen-bond acceptors (Lipinski definition) is 10. The molecule has 11 heteroatoms. The number of aryl methyl sites for hydroxylation is 1. The van der Waals surface area contributed by atoms with Crippen LogP contribution in [0.25, 0.3) is 0 Å². The average Bonchev–Trinajstić information content (AvgIpc) is 3.18. The Morgan fingerprint density at radius 3 is 2.13 bits per heavy atom. The van der Waals surface area contributed by atoms with E-state index in [1.165, 1.54) is 14.2 Å². The third kappa shape index (κ3) is 9.23. The first-order valence-electron chi connectivity index (χ1n) is 18.3. The van der Waals surface area contributed by atoms with Crippen molar-refractivity contribution in [2.75, 3.05) is 48.2 Å². The lowest BCUT2D eigenvalue weighted by atomic mass is 9.75. The highest BCUT2D eigenvalue weighted by molar-refractivity contribution is 5.89. The molecule has 52 heavy (non-hydrogen) atoms. The summed E-state index contributed by atoms with van der Waals surface area (Å²) in [7, 11) is 6.24. The second-order valence-electron chi connectivity index (χ2n) is 13.5. The van der Waals surface area contributed by atoms with Crippen LogP contribution in [0.3, 0.4) is 0 Å². The minimum Gasteiger partial charge on any atom is -0.508 e. The summed E-state index contributed by atoms with van der Waals surface area (Å²) >= 11 is 0. The Balaban J connectivity index is 1.43. The lowest BCUT2D eigenvalue weighted by Crippen LogP contribution is -2.51. The zero-order chi connectivity index (χ0) is 37.0. The number of aliphatic hydroxyl groups is 1. The number of amides is 1. The maximum atomic E-state index is 14.9. The van der Waals surface area contributed by atoms with Gasteiger partial charge in [-0.2, -0.15) is 0 Å². The van der Waals surface area contributed by atoms with E-state index >= 15 is 0 Å². The number of nitrogens with zero attached hydrogens (tertiary/aromatic N) is 1. The molecular formula is C41H53NO10. The Morgan fingerprint density at radius 2 is 1.48 bits per heavy atom. The number of esters is 1. The summed E-state index contributed by atoms with van der Waals surface area (Å²) in [6, 6.07) is 15.4. The molecule has 3 atom stereocenters. The number of aromatic hydroxyl groups is 1.